The van der Waals surface area contributed by atoms with E-state index in [1.807, 2.05) is 6.92 Å². The molecule has 0 saturated heterocycles. The van der Waals surface area contributed by atoms with Gasteiger partial charge in [-0.05, 0) is 34.6 Å². The molecule has 0 fully saturated rings. The molecule has 0 bridgehead atoms. The molecule has 0 spiro atoms. The predicted octanol–water partition coefficient (Wildman–Crippen LogP) is 1.70. The smallest absolute Gasteiger partial charge is 0.407 e. The Hall–Kier alpha value is -2.38. The van der Waals surface area contributed by atoms with Gasteiger partial charge in [-0.15, -0.1) is 0 Å². The molecule has 0 radical (unpaired) electrons. The Morgan fingerprint density at radius 3 is 2.70 bits per heavy atom. The first-order valence-electron chi connectivity index (χ1n) is 7.37. The largest absolute Gasteiger partial charge is 0.444 e. The topological polar surface area (TPSA) is 96.5 Å². The number of hydrogen-bond donors (Lipinski definition) is 2. The van der Waals surface area contributed by atoms with E-state index in [-0.39, 0.29) is 6.04 Å². The maximum absolute atomic E-state index is 11.7. The van der Waals surface area contributed by atoms with E-state index in [0.717, 1.165) is 0 Å². The maximum atomic E-state index is 11.7. The number of ether oxygens (including phenoxy) is 1. The second-order valence-corrected chi connectivity index (χ2v) is 6.30. The average Bonchev–Trinajstić information content (AvgIpc) is 2.42. The normalized spacial score (nSPS) is 12.3. The maximum Gasteiger partial charge on any atom is 0.407 e. The fourth-order valence-electron chi connectivity index (χ4n) is 1.72. The van der Waals surface area contributed by atoms with Crippen molar-refractivity contribution in [2.75, 3.05) is 23.8 Å². The highest BCUT2D eigenvalue weighted by molar-refractivity contribution is 5.80. The Balaban J connectivity index is 2.65. The summed E-state index contributed by atoms with van der Waals surface area (Å²) in [5, 5.41) is 5.85. The molecule has 1 rings (SSSR count). The van der Waals surface area contributed by atoms with Crippen LogP contribution in [0.2, 0.25) is 0 Å². The lowest BCUT2D eigenvalue weighted by Crippen LogP contribution is -2.41. The third-order valence-electron chi connectivity index (χ3n) is 2.77. The number of aryl methyl sites for hydroxylation is 1. The molecule has 8 nitrogen and oxygen atoms in total. The fourth-order valence-corrected chi connectivity index (χ4v) is 1.72. The van der Waals surface area contributed by atoms with Crippen molar-refractivity contribution in [1.29, 1.82) is 0 Å². The lowest BCUT2D eigenvalue weighted by atomic mass is 10.2. The van der Waals surface area contributed by atoms with Gasteiger partial charge in [-0.25, -0.2) is 14.8 Å². The van der Waals surface area contributed by atoms with Gasteiger partial charge >= 0.3 is 6.09 Å². The zero-order valence-corrected chi connectivity index (χ0v) is 14.5. The lowest BCUT2D eigenvalue weighted by Gasteiger charge is -2.22. The van der Waals surface area contributed by atoms with Gasteiger partial charge in [0.05, 0.1) is 6.20 Å². The van der Waals surface area contributed by atoms with Crippen LogP contribution < -0.4 is 15.5 Å². The van der Waals surface area contributed by atoms with Crippen LogP contribution in [0.1, 0.15) is 33.5 Å². The van der Waals surface area contributed by atoms with Gasteiger partial charge in [-0.2, -0.15) is 0 Å². The molecule has 0 aromatic carbocycles. The highest BCUT2D eigenvalue weighted by atomic mass is 16.6. The van der Waals surface area contributed by atoms with Crippen LogP contribution in [0.3, 0.4) is 0 Å². The molecule has 1 atom stereocenters. The molecule has 1 aromatic heterocycles. The van der Waals surface area contributed by atoms with Crippen molar-refractivity contribution in [2.45, 2.75) is 46.3 Å². The second kappa shape index (κ2) is 7.75. The van der Waals surface area contributed by atoms with Gasteiger partial charge in [0.1, 0.15) is 17.1 Å². The van der Waals surface area contributed by atoms with Crippen molar-refractivity contribution in [3.8, 4) is 0 Å². The Morgan fingerprint density at radius 1 is 1.48 bits per heavy atom. The molecule has 0 aliphatic carbocycles. The Labute approximate surface area is 136 Å². The zero-order valence-electron chi connectivity index (χ0n) is 14.5. The van der Waals surface area contributed by atoms with Crippen molar-refractivity contribution >= 4 is 24.0 Å². The number of alkyl carbamates (subject to hydrolysis) is 1. The Kier molecular flexibility index (Phi) is 6.29. The van der Waals surface area contributed by atoms with Crippen LogP contribution in [-0.2, 0) is 9.53 Å². The molecule has 0 aliphatic heterocycles. The summed E-state index contributed by atoms with van der Waals surface area (Å²) in [7, 11) is 1.62. The van der Waals surface area contributed by atoms with Gasteiger partial charge in [0, 0.05) is 19.6 Å². The molecule has 0 unspecified atom stereocenters. The third-order valence-corrected chi connectivity index (χ3v) is 2.77. The number of carbonyl (C=O) groups is 2. The second-order valence-electron chi connectivity index (χ2n) is 6.30. The summed E-state index contributed by atoms with van der Waals surface area (Å²) in [6, 6.07) is -0.186. The van der Waals surface area contributed by atoms with E-state index in [0.29, 0.717) is 30.3 Å². The molecule has 0 aliphatic rings. The quantitative estimate of drug-likeness (QED) is 0.774. The highest BCUT2D eigenvalue weighted by Gasteiger charge is 2.18. The number of anilines is 2. The first kappa shape index (κ1) is 18.7. The van der Waals surface area contributed by atoms with E-state index < -0.39 is 11.7 Å². The number of amides is 2. The number of rotatable bonds is 6. The Morgan fingerprint density at radius 2 is 2.13 bits per heavy atom. The monoisotopic (exact) mass is 323 g/mol. The van der Waals surface area contributed by atoms with E-state index in [1.165, 1.54) is 4.90 Å². The molecule has 23 heavy (non-hydrogen) atoms. The molecule has 1 heterocycles. The lowest BCUT2D eigenvalue weighted by molar-refractivity contribution is -0.107. The first-order valence-corrected chi connectivity index (χ1v) is 7.37. The van der Waals surface area contributed by atoms with Crippen molar-refractivity contribution in [2.24, 2.45) is 0 Å². The van der Waals surface area contributed by atoms with Crippen molar-refractivity contribution < 1.29 is 14.3 Å². The van der Waals surface area contributed by atoms with Crippen LogP contribution in [0.4, 0.5) is 16.3 Å². The molecule has 128 valence electrons. The fraction of sp³-hybridized carbons (Fsp3) is 0.600. The summed E-state index contributed by atoms with van der Waals surface area (Å²) in [4.78, 5) is 32.4. The minimum Gasteiger partial charge on any atom is -0.444 e. The van der Waals surface area contributed by atoms with Crippen LogP contribution in [0.25, 0.3) is 0 Å². The summed E-state index contributed by atoms with van der Waals surface area (Å²) in [5.74, 6) is 1.12. The third kappa shape index (κ3) is 6.50. The molecular weight excluding hydrogens is 298 g/mol. The number of aromatic nitrogens is 2. The van der Waals surface area contributed by atoms with Gasteiger partial charge in [-0.3, -0.25) is 4.79 Å². The standard InChI is InChI=1S/C15H25N5O3/c1-10(18-14(22)23-15(3,4)5)7-17-13-12(20(6)9-21)8-16-11(2)19-13/h8-10H,7H2,1-6H3,(H,18,22)(H,16,17,19)/t10-/m1/s1. The van der Waals surface area contributed by atoms with Gasteiger partial charge in [0.25, 0.3) is 0 Å². The number of nitrogens with zero attached hydrogens (tertiary/aromatic N) is 3. The van der Waals surface area contributed by atoms with Crippen LogP contribution in [0, 0.1) is 6.92 Å². The summed E-state index contributed by atoms with van der Waals surface area (Å²) in [5.41, 5.74) is 0.0240. The summed E-state index contributed by atoms with van der Waals surface area (Å²) in [6.45, 7) is 9.45. The number of hydrogen-bond acceptors (Lipinski definition) is 6. The molecular formula is C15H25N5O3. The van der Waals surface area contributed by atoms with Gasteiger partial charge in [-0.1, -0.05) is 0 Å². The van der Waals surface area contributed by atoms with Gasteiger partial charge in [0.15, 0.2) is 5.82 Å². The van der Waals surface area contributed by atoms with Crippen LogP contribution in [0.5, 0.6) is 0 Å². The molecule has 1 aromatic rings. The molecule has 8 heteroatoms. The van der Waals surface area contributed by atoms with E-state index >= 15 is 0 Å². The van der Waals surface area contributed by atoms with E-state index in [9.17, 15) is 9.59 Å². The Bertz CT molecular complexity index is 557. The van der Waals surface area contributed by atoms with Gasteiger partial charge < -0.3 is 20.3 Å². The zero-order chi connectivity index (χ0) is 17.6. The van der Waals surface area contributed by atoms with E-state index in [4.69, 9.17) is 4.74 Å². The minimum atomic E-state index is -0.541. The molecule has 0 saturated carbocycles. The first-order chi connectivity index (χ1) is 10.6. The van der Waals surface area contributed by atoms with Crippen molar-refractivity contribution in [3.63, 3.8) is 0 Å². The van der Waals surface area contributed by atoms with Crippen LogP contribution in [-0.4, -0.2) is 47.7 Å². The van der Waals surface area contributed by atoms with Gasteiger partial charge in [0.2, 0.25) is 6.41 Å². The molecule has 2 N–H and O–H groups in total. The minimum absolute atomic E-state index is 0.186. The van der Waals surface area contributed by atoms with Crippen LogP contribution >= 0.6 is 0 Å². The van der Waals surface area contributed by atoms with E-state index in [2.05, 4.69) is 20.6 Å². The summed E-state index contributed by atoms with van der Waals surface area (Å²) in [6.07, 6.45) is 1.78. The SMILES string of the molecule is Cc1ncc(N(C)C=O)c(NC[C@@H](C)NC(=O)OC(C)(C)C)n1. The molecule has 2 amide bonds. The summed E-state index contributed by atoms with van der Waals surface area (Å²) < 4.78 is 5.20. The van der Waals surface area contributed by atoms with Crippen molar-refractivity contribution in [1.82, 2.24) is 15.3 Å². The van der Waals surface area contributed by atoms with Crippen LogP contribution in [0.15, 0.2) is 6.20 Å². The van der Waals surface area contributed by atoms with E-state index in [1.54, 1.807) is 40.9 Å². The summed E-state index contributed by atoms with van der Waals surface area (Å²) >= 11 is 0. The highest BCUT2D eigenvalue weighted by Crippen LogP contribution is 2.20. The predicted molar refractivity (Wildman–Crippen MR) is 88.6 cm³/mol. The van der Waals surface area contributed by atoms with Crippen molar-refractivity contribution in [3.05, 3.63) is 12.0 Å². The number of nitrogens with one attached hydrogen (secondary N) is 2. The average molecular weight is 323 g/mol. The number of carbonyl (C=O) groups excluding carboxylic acids is 2.